The molecule has 0 spiro atoms. The Bertz CT molecular complexity index is 467. The van der Waals surface area contributed by atoms with E-state index in [1.165, 1.54) is 4.90 Å². The van der Waals surface area contributed by atoms with Crippen molar-refractivity contribution in [1.82, 2.24) is 10.2 Å². The number of carboxylic acids is 1. The molecule has 0 saturated carbocycles. The number of carbonyl (C=O) groups excluding carboxylic acids is 1. The van der Waals surface area contributed by atoms with Gasteiger partial charge in [-0.3, -0.25) is 14.9 Å². The van der Waals surface area contributed by atoms with Crippen molar-refractivity contribution in [3.8, 4) is 0 Å². The molecule has 0 radical (unpaired) electrons. The first-order valence-corrected chi connectivity index (χ1v) is 6.56. The highest BCUT2D eigenvalue weighted by molar-refractivity contribution is 5.79. The molecule has 1 amide bonds. The number of aryl methyl sites for hydroxylation is 1. The molecule has 0 aliphatic heterocycles. The van der Waals surface area contributed by atoms with Gasteiger partial charge in [-0.2, -0.15) is 0 Å². The van der Waals surface area contributed by atoms with Crippen molar-refractivity contribution in [1.29, 1.82) is 0 Å². The topological polar surface area (TPSA) is 82.8 Å². The van der Waals surface area contributed by atoms with Crippen molar-refractivity contribution in [2.75, 3.05) is 13.6 Å². The molecule has 0 bridgehead atoms. The number of nitrogens with one attached hydrogen (secondary N) is 1. The molecule has 1 atom stereocenters. The number of carboxylic acid groups (broad SMARTS) is 1. The van der Waals surface area contributed by atoms with Crippen molar-refractivity contribution >= 4 is 11.9 Å². The summed E-state index contributed by atoms with van der Waals surface area (Å²) in [5.74, 6) is 0.295. The number of amides is 1. The maximum atomic E-state index is 11.9. The Morgan fingerprint density at radius 1 is 1.40 bits per heavy atom. The Hall–Kier alpha value is -1.82. The molecule has 20 heavy (non-hydrogen) atoms. The Kier molecular flexibility index (Phi) is 5.76. The minimum atomic E-state index is -0.947. The van der Waals surface area contributed by atoms with E-state index in [9.17, 15) is 9.59 Å². The predicted molar refractivity (Wildman–Crippen MR) is 74.2 cm³/mol. The number of carbonyl (C=O) groups is 2. The quantitative estimate of drug-likeness (QED) is 0.786. The molecule has 112 valence electrons. The van der Waals surface area contributed by atoms with Gasteiger partial charge < -0.3 is 14.4 Å². The third-order valence-corrected chi connectivity index (χ3v) is 3.02. The molecule has 1 rings (SSSR count). The van der Waals surface area contributed by atoms with Crippen molar-refractivity contribution in [2.45, 2.75) is 33.4 Å². The zero-order valence-electron chi connectivity index (χ0n) is 12.3. The summed E-state index contributed by atoms with van der Waals surface area (Å²) in [6.07, 6.45) is 0. The van der Waals surface area contributed by atoms with Crippen molar-refractivity contribution in [3.05, 3.63) is 23.7 Å². The third-order valence-electron chi connectivity index (χ3n) is 3.02. The van der Waals surface area contributed by atoms with Crippen LogP contribution in [0.2, 0.25) is 0 Å². The lowest BCUT2D eigenvalue weighted by molar-refractivity contribution is -0.141. The van der Waals surface area contributed by atoms with Gasteiger partial charge in [0, 0.05) is 7.05 Å². The molecule has 2 N–H and O–H groups in total. The summed E-state index contributed by atoms with van der Waals surface area (Å²) in [7, 11) is 1.66. The average Bonchev–Trinajstić information content (AvgIpc) is 2.73. The molecule has 6 nitrogen and oxygen atoms in total. The Balaban J connectivity index is 2.47. The molecule has 0 aromatic carbocycles. The fourth-order valence-corrected chi connectivity index (χ4v) is 1.83. The SMILES string of the molecule is Cc1ccc(CN(C)C(=O)CNC(C(=O)O)C(C)C)o1. The normalized spacial score (nSPS) is 12.4. The van der Waals surface area contributed by atoms with Crippen LogP contribution in [0.5, 0.6) is 0 Å². The monoisotopic (exact) mass is 282 g/mol. The second-order valence-electron chi connectivity index (χ2n) is 5.20. The van der Waals surface area contributed by atoms with Gasteiger partial charge in [-0.1, -0.05) is 13.8 Å². The largest absolute Gasteiger partial charge is 0.480 e. The van der Waals surface area contributed by atoms with Crippen molar-refractivity contribution in [3.63, 3.8) is 0 Å². The number of furan rings is 1. The molecular formula is C14H22N2O4. The lowest BCUT2D eigenvalue weighted by atomic mass is 10.1. The predicted octanol–water partition coefficient (Wildman–Crippen LogP) is 1.25. The summed E-state index contributed by atoms with van der Waals surface area (Å²) in [6.45, 7) is 5.79. The van der Waals surface area contributed by atoms with Crippen molar-refractivity contribution < 1.29 is 19.1 Å². The van der Waals surface area contributed by atoms with E-state index in [1.54, 1.807) is 20.9 Å². The number of hydrogen-bond acceptors (Lipinski definition) is 4. The van der Waals surface area contributed by atoms with Crippen LogP contribution in [0.3, 0.4) is 0 Å². The van der Waals surface area contributed by atoms with Gasteiger partial charge in [0.2, 0.25) is 5.91 Å². The molecule has 0 aliphatic rings. The molecule has 1 aromatic heterocycles. The maximum Gasteiger partial charge on any atom is 0.320 e. The van der Waals surface area contributed by atoms with E-state index in [1.807, 2.05) is 19.1 Å². The van der Waals surface area contributed by atoms with Crippen LogP contribution in [0.1, 0.15) is 25.4 Å². The van der Waals surface area contributed by atoms with Gasteiger partial charge in [0.1, 0.15) is 17.6 Å². The van der Waals surface area contributed by atoms with E-state index < -0.39 is 12.0 Å². The average molecular weight is 282 g/mol. The molecule has 6 heteroatoms. The van der Waals surface area contributed by atoms with Crippen LogP contribution in [0.4, 0.5) is 0 Å². The zero-order chi connectivity index (χ0) is 15.3. The minimum absolute atomic E-state index is 0.00859. The van der Waals surface area contributed by atoms with Gasteiger partial charge in [0.05, 0.1) is 13.1 Å². The Morgan fingerprint density at radius 3 is 2.50 bits per heavy atom. The summed E-state index contributed by atoms with van der Waals surface area (Å²) in [6, 6.07) is 2.93. The number of likely N-dealkylation sites (N-methyl/N-ethyl adjacent to an activating group) is 1. The van der Waals surface area contributed by atoms with Gasteiger partial charge in [-0.25, -0.2) is 0 Å². The summed E-state index contributed by atoms with van der Waals surface area (Å²) in [5, 5.41) is 11.8. The summed E-state index contributed by atoms with van der Waals surface area (Å²) < 4.78 is 5.40. The van der Waals surface area contributed by atoms with Gasteiger partial charge in [0.25, 0.3) is 0 Å². The van der Waals surface area contributed by atoms with Crippen molar-refractivity contribution in [2.24, 2.45) is 5.92 Å². The fraction of sp³-hybridized carbons (Fsp3) is 0.571. The van der Waals surface area contributed by atoms with Crippen LogP contribution in [0, 0.1) is 12.8 Å². The van der Waals surface area contributed by atoms with Crippen LogP contribution < -0.4 is 5.32 Å². The maximum absolute atomic E-state index is 11.9. The molecule has 1 heterocycles. The summed E-state index contributed by atoms with van der Waals surface area (Å²) in [5.41, 5.74) is 0. The van der Waals surface area contributed by atoms with E-state index in [0.717, 1.165) is 5.76 Å². The van der Waals surface area contributed by atoms with Crippen LogP contribution in [0.15, 0.2) is 16.5 Å². The second-order valence-corrected chi connectivity index (χ2v) is 5.20. The smallest absolute Gasteiger partial charge is 0.320 e. The molecule has 0 saturated heterocycles. The first-order chi connectivity index (χ1) is 9.31. The first-order valence-electron chi connectivity index (χ1n) is 6.56. The molecule has 1 aromatic rings. The van der Waals surface area contributed by atoms with Gasteiger partial charge in [0.15, 0.2) is 0 Å². The summed E-state index contributed by atoms with van der Waals surface area (Å²) in [4.78, 5) is 24.5. The Labute approximate surface area is 118 Å². The molecule has 0 aliphatic carbocycles. The minimum Gasteiger partial charge on any atom is -0.480 e. The lowest BCUT2D eigenvalue weighted by Gasteiger charge is -2.20. The van der Waals surface area contributed by atoms with Crippen LogP contribution in [-0.2, 0) is 16.1 Å². The molecule has 1 unspecified atom stereocenters. The lowest BCUT2D eigenvalue weighted by Crippen LogP contribution is -2.46. The summed E-state index contributed by atoms with van der Waals surface area (Å²) >= 11 is 0. The highest BCUT2D eigenvalue weighted by Gasteiger charge is 2.22. The number of aliphatic carboxylic acids is 1. The van der Waals surface area contributed by atoms with E-state index in [4.69, 9.17) is 9.52 Å². The number of rotatable bonds is 7. The van der Waals surface area contributed by atoms with Crippen LogP contribution in [0.25, 0.3) is 0 Å². The highest BCUT2D eigenvalue weighted by atomic mass is 16.4. The Morgan fingerprint density at radius 2 is 2.05 bits per heavy atom. The van der Waals surface area contributed by atoms with E-state index in [0.29, 0.717) is 12.3 Å². The molecular weight excluding hydrogens is 260 g/mol. The van der Waals surface area contributed by atoms with E-state index >= 15 is 0 Å². The first kappa shape index (κ1) is 16.2. The van der Waals surface area contributed by atoms with Crippen LogP contribution in [-0.4, -0.2) is 41.5 Å². The standard InChI is InChI=1S/C14H22N2O4/c1-9(2)13(14(18)19)15-7-12(17)16(4)8-11-6-5-10(3)20-11/h5-6,9,13,15H,7-8H2,1-4H3,(H,18,19). The number of hydrogen-bond donors (Lipinski definition) is 2. The second kappa shape index (κ2) is 7.09. The van der Waals surface area contributed by atoms with Gasteiger partial charge >= 0.3 is 5.97 Å². The van der Waals surface area contributed by atoms with E-state index in [2.05, 4.69) is 5.32 Å². The van der Waals surface area contributed by atoms with E-state index in [-0.39, 0.29) is 18.4 Å². The van der Waals surface area contributed by atoms with Gasteiger partial charge in [-0.05, 0) is 25.0 Å². The molecule has 0 fully saturated rings. The zero-order valence-corrected chi connectivity index (χ0v) is 12.3. The fourth-order valence-electron chi connectivity index (χ4n) is 1.83. The highest BCUT2D eigenvalue weighted by Crippen LogP contribution is 2.08. The number of nitrogens with zero attached hydrogens (tertiary/aromatic N) is 1. The van der Waals surface area contributed by atoms with Crippen LogP contribution >= 0.6 is 0 Å². The van der Waals surface area contributed by atoms with Gasteiger partial charge in [-0.15, -0.1) is 0 Å². The third kappa shape index (κ3) is 4.70.